The van der Waals surface area contributed by atoms with Gasteiger partial charge < -0.3 is 14.8 Å². The summed E-state index contributed by atoms with van der Waals surface area (Å²) in [6, 6.07) is 4.12. The maximum atomic E-state index is 10.4. The van der Waals surface area contributed by atoms with Crippen LogP contribution in [0.25, 0.3) is 0 Å². The van der Waals surface area contributed by atoms with Crippen molar-refractivity contribution in [3.8, 4) is 0 Å². The van der Waals surface area contributed by atoms with Crippen molar-refractivity contribution in [2.45, 2.75) is 58.1 Å². The van der Waals surface area contributed by atoms with Crippen LogP contribution in [-0.2, 0) is 5.60 Å². The lowest BCUT2D eigenvalue weighted by Crippen LogP contribution is -2.48. The average Bonchev–Trinajstić information content (AvgIpc) is 2.81. The molecule has 2 rings (SSSR count). The molecule has 18 heavy (non-hydrogen) atoms. The van der Waals surface area contributed by atoms with Crippen LogP contribution >= 0.6 is 0 Å². The average molecular weight is 251 g/mol. The molecule has 3 nitrogen and oxygen atoms in total. The minimum Gasteiger partial charge on any atom is -0.466 e. The van der Waals surface area contributed by atoms with Crippen LogP contribution in [0.4, 0.5) is 0 Å². The monoisotopic (exact) mass is 251 g/mol. The molecule has 0 spiro atoms. The molecule has 0 amide bonds. The van der Waals surface area contributed by atoms with Gasteiger partial charge in [0.25, 0.3) is 0 Å². The quantitative estimate of drug-likeness (QED) is 0.864. The van der Waals surface area contributed by atoms with Crippen molar-refractivity contribution in [1.29, 1.82) is 0 Å². The third-order valence-corrected chi connectivity index (χ3v) is 4.25. The molecule has 1 aromatic heterocycles. The lowest BCUT2D eigenvalue weighted by atomic mass is 9.73. The summed E-state index contributed by atoms with van der Waals surface area (Å²) < 4.78 is 5.30. The molecule has 2 unspecified atom stereocenters. The van der Waals surface area contributed by atoms with Crippen molar-refractivity contribution in [1.82, 2.24) is 5.32 Å². The van der Waals surface area contributed by atoms with Gasteiger partial charge in [-0.05, 0) is 37.3 Å². The minimum atomic E-state index is -0.934. The molecule has 0 aromatic carbocycles. The number of hydrogen-bond acceptors (Lipinski definition) is 3. The maximum absolute atomic E-state index is 10.4. The van der Waals surface area contributed by atoms with Crippen molar-refractivity contribution in [2.75, 3.05) is 6.54 Å². The third kappa shape index (κ3) is 2.96. The van der Waals surface area contributed by atoms with Crippen molar-refractivity contribution < 1.29 is 9.52 Å². The molecule has 1 aliphatic carbocycles. The Balaban J connectivity index is 1.94. The normalized spacial score (nSPS) is 26.8. The SMILES string of the molecule is CC(O)(CNC1CCCCC1(C)C)c1ccco1. The van der Waals surface area contributed by atoms with Gasteiger partial charge in [-0.2, -0.15) is 0 Å². The third-order valence-electron chi connectivity index (χ3n) is 4.25. The Morgan fingerprint density at radius 1 is 1.50 bits per heavy atom. The van der Waals surface area contributed by atoms with Crippen molar-refractivity contribution >= 4 is 0 Å². The van der Waals surface area contributed by atoms with Gasteiger partial charge in [0.05, 0.1) is 6.26 Å². The molecule has 1 aromatic rings. The largest absolute Gasteiger partial charge is 0.466 e. The van der Waals surface area contributed by atoms with E-state index in [0.29, 0.717) is 23.8 Å². The first-order valence-corrected chi connectivity index (χ1v) is 6.92. The highest BCUT2D eigenvalue weighted by Crippen LogP contribution is 2.35. The summed E-state index contributed by atoms with van der Waals surface area (Å²) >= 11 is 0. The first-order valence-electron chi connectivity index (χ1n) is 6.92. The Morgan fingerprint density at radius 3 is 2.89 bits per heavy atom. The van der Waals surface area contributed by atoms with Gasteiger partial charge in [0, 0.05) is 12.6 Å². The van der Waals surface area contributed by atoms with E-state index >= 15 is 0 Å². The van der Waals surface area contributed by atoms with Gasteiger partial charge in [0.2, 0.25) is 0 Å². The fourth-order valence-corrected chi connectivity index (χ4v) is 2.87. The first-order chi connectivity index (χ1) is 8.42. The van der Waals surface area contributed by atoms with Gasteiger partial charge in [0.1, 0.15) is 11.4 Å². The zero-order chi connectivity index (χ0) is 13.2. The van der Waals surface area contributed by atoms with E-state index in [9.17, 15) is 5.11 Å². The van der Waals surface area contributed by atoms with Crippen LogP contribution in [0.1, 0.15) is 52.2 Å². The van der Waals surface area contributed by atoms with Crippen molar-refractivity contribution in [3.05, 3.63) is 24.2 Å². The van der Waals surface area contributed by atoms with Crippen molar-refractivity contribution in [3.63, 3.8) is 0 Å². The fraction of sp³-hybridized carbons (Fsp3) is 0.733. The predicted octanol–water partition coefficient (Wildman–Crippen LogP) is 3.05. The van der Waals surface area contributed by atoms with Crippen LogP contribution in [0.2, 0.25) is 0 Å². The number of aliphatic hydroxyl groups is 1. The second-order valence-electron chi connectivity index (χ2n) is 6.42. The van der Waals surface area contributed by atoms with Gasteiger partial charge in [-0.25, -0.2) is 0 Å². The summed E-state index contributed by atoms with van der Waals surface area (Å²) in [5, 5.41) is 13.9. The number of furan rings is 1. The Morgan fingerprint density at radius 2 is 2.28 bits per heavy atom. The number of nitrogens with one attached hydrogen (secondary N) is 1. The Bertz CT molecular complexity index is 368. The topological polar surface area (TPSA) is 45.4 Å². The zero-order valence-electron chi connectivity index (χ0n) is 11.7. The van der Waals surface area contributed by atoms with Gasteiger partial charge in [-0.3, -0.25) is 0 Å². The zero-order valence-corrected chi connectivity index (χ0v) is 11.7. The number of rotatable bonds is 4. The molecule has 0 saturated heterocycles. The van der Waals surface area contributed by atoms with Crippen LogP contribution < -0.4 is 5.32 Å². The summed E-state index contributed by atoms with van der Waals surface area (Å²) in [6.45, 7) is 6.96. The Labute approximate surface area is 110 Å². The standard InChI is InChI=1S/C15H25NO2/c1-14(2)9-5-4-7-12(14)16-11-15(3,17)13-8-6-10-18-13/h6,8,10,12,16-17H,4-5,7,9,11H2,1-3H3. The Kier molecular flexibility index (Phi) is 3.83. The molecule has 1 aliphatic rings. The van der Waals surface area contributed by atoms with Crippen LogP contribution in [-0.4, -0.2) is 17.7 Å². The van der Waals surface area contributed by atoms with Crippen LogP contribution in [0.3, 0.4) is 0 Å². The summed E-state index contributed by atoms with van der Waals surface area (Å²) in [5.41, 5.74) is -0.617. The van der Waals surface area contributed by atoms with E-state index in [4.69, 9.17) is 4.42 Å². The molecule has 2 N–H and O–H groups in total. The number of hydrogen-bond donors (Lipinski definition) is 2. The van der Waals surface area contributed by atoms with Gasteiger partial charge >= 0.3 is 0 Å². The van der Waals surface area contributed by atoms with E-state index in [1.165, 1.54) is 25.7 Å². The van der Waals surface area contributed by atoms with E-state index in [2.05, 4.69) is 19.2 Å². The van der Waals surface area contributed by atoms with E-state index in [1.54, 1.807) is 13.2 Å². The van der Waals surface area contributed by atoms with Crippen LogP contribution in [0.15, 0.2) is 22.8 Å². The van der Waals surface area contributed by atoms with Gasteiger partial charge in [-0.15, -0.1) is 0 Å². The van der Waals surface area contributed by atoms with E-state index in [0.717, 1.165) is 0 Å². The summed E-state index contributed by atoms with van der Waals surface area (Å²) in [5.74, 6) is 0.628. The van der Waals surface area contributed by atoms with E-state index < -0.39 is 5.60 Å². The van der Waals surface area contributed by atoms with Crippen LogP contribution in [0, 0.1) is 5.41 Å². The molecule has 1 saturated carbocycles. The fourth-order valence-electron chi connectivity index (χ4n) is 2.87. The summed E-state index contributed by atoms with van der Waals surface area (Å²) in [4.78, 5) is 0. The molecular formula is C15H25NO2. The Hall–Kier alpha value is -0.800. The predicted molar refractivity (Wildman–Crippen MR) is 72.3 cm³/mol. The molecule has 0 bridgehead atoms. The molecule has 1 heterocycles. The second-order valence-corrected chi connectivity index (χ2v) is 6.42. The molecule has 1 fully saturated rings. The molecule has 102 valence electrons. The minimum absolute atomic E-state index is 0.317. The molecule has 0 radical (unpaired) electrons. The highest BCUT2D eigenvalue weighted by molar-refractivity contribution is 5.08. The van der Waals surface area contributed by atoms with Gasteiger partial charge in [-0.1, -0.05) is 26.7 Å². The highest BCUT2D eigenvalue weighted by Gasteiger charge is 2.34. The van der Waals surface area contributed by atoms with Crippen LogP contribution in [0.5, 0.6) is 0 Å². The van der Waals surface area contributed by atoms with Crippen molar-refractivity contribution in [2.24, 2.45) is 5.41 Å². The smallest absolute Gasteiger partial charge is 0.136 e. The molecule has 0 aliphatic heterocycles. The summed E-state index contributed by atoms with van der Waals surface area (Å²) in [6.07, 6.45) is 6.66. The van der Waals surface area contributed by atoms with Gasteiger partial charge in [0.15, 0.2) is 0 Å². The lowest BCUT2D eigenvalue weighted by molar-refractivity contribution is 0.0227. The second kappa shape index (κ2) is 5.06. The summed E-state index contributed by atoms with van der Waals surface area (Å²) in [7, 11) is 0. The molecular weight excluding hydrogens is 226 g/mol. The first kappa shape index (κ1) is 13.6. The maximum Gasteiger partial charge on any atom is 0.136 e. The molecule has 2 atom stereocenters. The van der Waals surface area contributed by atoms with E-state index in [-0.39, 0.29) is 0 Å². The lowest BCUT2D eigenvalue weighted by Gasteiger charge is -2.40. The molecule has 3 heteroatoms. The highest BCUT2D eigenvalue weighted by atomic mass is 16.4. The van der Waals surface area contributed by atoms with E-state index in [1.807, 2.05) is 12.1 Å².